The van der Waals surface area contributed by atoms with Gasteiger partial charge in [0.1, 0.15) is 0 Å². The fourth-order valence-corrected chi connectivity index (χ4v) is 3.09. The summed E-state index contributed by atoms with van der Waals surface area (Å²) in [6.45, 7) is 3.12. The number of aromatic nitrogens is 1. The lowest BCUT2D eigenvalue weighted by Crippen LogP contribution is -2.11. The molecule has 0 aliphatic rings. The Morgan fingerprint density at radius 1 is 1.44 bits per heavy atom. The number of hydrogen-bond acceptors (Lipinski definition) is 2. The minimum absolute atomic E-state index is 0.413. The minimum atomic E-state index is 0.413. The molecule has 2 heterocycles. The molecule has 0 fully saturated rings. The van der Waals surface area contributed by atoms with Gasteiger partial charge < -0.3 is 9.88 Å². The zero-order valence-electron chi connectivity index (χ0n) is 9.40. The zero-order chi connectivity index (χ0) is 11.5. The summed E-state index contributed by atoms with van der Waals surface area (Å²) < 4.78 is 3.42. The highest BCUT2D eigenvalue weighted by molar-refractivity contribution is 9.11. The molecule has 1 atom stereocenters. The van der Waals surface area contributed by atoms with Crippen LogP contribution in [0.15, 0.2) is 34.4 Å². The molecule has 86 valence electrons. The molecule has 2 aromatic heterocycles. The quantitative estimate of drug-likeness (QED) is 0.912. The normalized spacial score (nSPS) is 12.9. The number of hydrogen-bond donors (Lipinski definition) is 1. The predicted molar refractivity (Wildman–Crippen MR) is 73.0 cm³/mol. The summed E-state index contributed by atoms with van der Waals surface area (Å²) in [6.07, 6.45) is 4.34. The van der Waals surface area contributed by atoms with Gasteiger partial charge in [0.25, 0.3) is 0 Å². The van der Waals surface area contributed by atoms with Crippen LogP contribution in [0, 0.1) is 0 Å². The first kappa shape index (κ1) is 11.9. The Balaban J connectivity index is 2.08. The third kappa shape index (κ3) is 2.75. The van der Waals surface area contributed by atoms with Crippen molar-refractivity contribution in [1.29, 1.82) is 0 Å². The monoisotopic (exact) mass is 298 g/mol. The molecule has 0 bridgehead atoms. The first-order valence-electron chi connectivity index (χ1n) is 5.26. The van der Waals surface area contributed by atoms with Crippen molar-refractivity contribution in [2.75, 3.05) is 7.05 Å². The Kier molecular flexibility index (Phi) is 3.84. The third-order valence-electron chi connectivity index (χ3n) is 2.67. The summed E-state index contributed by atoms with van der Waals surface area (Å²) in [7, 11) is 1.98. The van der Waals surface area contributed by atoms with E-state index in [9.17, 15) is 0 Å². The standard InChI is InChI=1S/C12H15BrN2S/c1-9(14-2)10-5-6-15(7-10)8-11-3-4-12(13)16-11/h3-7,9,14H,8H2,1-2H3. The number of nitrogens with zero attached hydrogens (tertiary/aromatic N) is 1. The largest absolute Gasteiger partial charge is 0.349 e. The van der Waals surface area contributed by atoms with Crippen molar-refractivity contribution >= 4 is 27.3 Å². The Labute approximate surface area is 108 Å². The van der Waals surface area contributed by atoms with Crippen molar-refractivity contribution in [3.05, 3.63) is 44.8 Å². The van der Waals surface area contributed by atoms with Gasteiger partial charge >= 0.3 is 0 Å². The fraction of sp³-hybridized carbons (Fsp3) is 0.333. The first-order chi connectivity index (χ1) is 7.69. The molecular weight excluding hydrogens is 284 g/mol. The summed E-state index contributed by atoms with van der Waals surface area (Å²) in [6, 6.07) is 6.84. The van der Waals surface area contributed by atoms with Crippen molar-refractivity contribution in [3.63, 3.8) is 0 Å². The summed E-state index contributed by atoms with van der Waals surface area (Å²) in [5.41, 5.74) is 1.33. The maximum absolute atomic E-state index is 3.48. The van der Waals surface area contributed by atoms with Crippen molar-refractivity contribution < 1.29 is 0 Å². The molecule has 0 amide bonds. The number of nitrogens with one attached hydrogen (secondary N) is 1. The molecule has 16 heavy (non-hydrogen) atoms. The van der Waals surface area contributed by atoms with Crippen LogP contribution < -0.4 is 5.32 Å². The van der Waals surface area contributed by atoms with Gasteiger partial charge in [-0.05, 0) is 53.7 Å². The summed E-state index contributed by atoms with van der Waals surface area (Å²) in [5, 5.41) is 3.24. The van der Waals surface area contributed by atoms with E-state index in [1.807, 2.05) is 7.05 Å². The van der Waals surface area contributed by atoms with Crippen molar-refractivity contribution in [3.8, 4) is 0 Å². The van der Waals surface area contributed by atoms with Crippen molar-refractivity contribution in [1.82, 2.24) is 9.88 Å². The summed E-state index contributed by atoms with van der Waals surface area (Å²) in [4.78, 5) is 1.37. The van der Waals surface area contributed by atoms with E-state index in [0.717, 1.165) is 6.54 Å². The molecule has 2 rings (SSSR count). The maximum atomic E-state index is 3.48. The minimum Gasteiger partial charge on any atom is -0.349 e. The molecule has 0 aliphatic carbocycles. The van der Waals surface area contributed by atoms with Crippen LogP contribution in [-0.4, -0.2) is 11.6 Å². The number of halogens is 1. The van der Waals surface area contributed by atoms with Crippen LogP contribution in [0.1, 0.15) is 23.4 Å². The SMILES string of the molecule is CNC(C)c1ccn(Cc2ccc(Br)s2)c1. The van der Waals surface area contributed by atoms with Gasteiger partial charge in [-0.15, -0.1) is 11.3 Å². The topological polar surface area (TPSA) is 17.0 Å². The van der Waals surface area contributed by atoms with E-state index in [2.05, 4.69) is 63.3 Å². The second-order valence-corrected chi connectivity index (χ2v) is 6.38. The molecule has 0 spiro atoms. The van der Waals surface area contributed by atoms with Crippen molar-refractivity contribution in [2.24, 2.45) is 0 Å². The lowest BCUT2D eigenvalue weighted by Gasteiger charge is -2.06. The molecule has 0 saturated heterocycles. The van der Waals surface area contributed by atoms with E-state index in [-0.39, 0.29) is 0 Å². The summed E-state index contributed by atoms with van der Waals surface area (Å²) >= 11 is 5.27. The predicted octanol–water partition coefficient (Wildman–Crippen LogP) is 3.64. The lowest BCUT2D eigenvalue weighted by molar-refractivity contribution is 0.649. The fourth-order valence-electron chi connectivity index (χ4n) is 1.60. The van der Waals surface area contributed by atoms with Crippen LogP contribution in [0.2, 0.25) is 0 Å². The molecule has 0 radical (unpaired) electrons. The molecule has 0 saturated carbocycles. The number of thiophene rings is 1. The Bertz CT molecular complexity index is 461. The van der Waals surface area contributed by atoms with Crippen LogP contribution in [0.4, 0.5) is 0 Å². The van der Waals surface area contributed by atoms with Gasteiger partial charge in [0.05, 0.1) is 10.3 Å². The lowest BCUT2D eigenvalue weighted by atomic mass is 10.2. The Morgan fingerprint density at radius 3 is 2.88 bits per heavy atom. The highest BCUT2D eigenvalue weighted by Crippen LogP contribution is 2.23. The van der Waals surface area contributed by atoms with E-state index in [1.54, 1.807) is 11.3 Å². The van der Waals surface area contributed by atoms with Crippen LogP contribution >= 0.6 is 27.3 Å². The highest BCUT2D eigenvalue weighted by Gasteiger charge is 2.05. The Morgan fingerprint density at radius 2 is 2.25 bits per heavy atom. The number of rotatable bonds is 4. The Hall–Kier alpha value is -0.580. The molecule has 4 heteroatoms. The highest BCUT2D eigenvalue weighted by atomic mass is 79.9. The van der Waals surface area contributed by atoms with Crippen LogP contribution in [-0.2, 0) is 6.54 Å². The van der Waals surface area contributed by atoms with Crippen LogP contribution in [0.25, 0.3) is 0 Å². The average Bonchev–Trinajstić information content (AvgIpc) is 2.87. The van der Waals surface area contributed by atoms with Crippen molar-refractivity contribution in [2.45, 2.75) is 19.5 Å². The second-order valence-electron chi connectivity index (χ2n) is 3.83. The molecular formula is C12H15BrN2S. The van der Waals surface area contributed by atoms with Gasteiger partial charge in [-0.1, -0.05) is 0 Å². The van der Waals surface area contributed by atoms with E-state index in [0.29, 0.717) is 6.04 Å². The molecule has 1 unspecified atom stereocenters. The van der Waals surface area contributed by atoms with Gasteiger partial charge in [-0.3, -0.25) is 0 Å². The smallest absolute Gasteiger partial charge is 0.0702 e. The van der Waals surface area contributed by atoms with Crippen LogP contribution in [0.3, 0.4) is 0 Å². The first-order valence-corrected chi connectivity index (χ1v) is 6.87. The van der Waals surface area contributed by atoms with Gasteiger partial charge in [-0.2, -0.15) is 0 Å². The zero-order valence-corrected chi connectivity index (χ0v) is 11.8. The van der Waals surface area contributed by atoms with Gasteiger partial charge in [-0.25, -0.2) is 0 Å². The van der Waals surface area contributed by atoms with E-state index in [1.165, 1.54) is 14.2 Å². The van der Waals surface area contributed by atoms with E-state index < -0.39 is 0 Å². The molecule has 0 aromatic carbocycles. The summed E-state index contributed by atoms with van der Waals surface area (Å²) in [5.74, 6) is 0. The average molecular weight is 299 g/mol. The van der Waals surface area contributed by atoms with E-state index >= 15 is 0 Å². The molecule has 2 aromatic rings. The van der Waals surface area contributed by atoms with Gasteiger partial charge in [0, 0.05) is 23.3 Å². The molecule has 0 aliphatic heterocycles. The third-order valence-corrected chi connectivity index (χ3v) is 4.28. The van der Waals surface area contributed by atoms with Gasteiger partial charge in [0.15, 0.2) is 0 Å². The molecule has 1 N–H and O–H groups in total. The van der Waals surface area contributed by atoms with E-state index in [4.69, 9.17) is 0 Å². The maximum Gasteiger partial charge on any atom is 0.0702 e. The second kappa shape index (κ2) is 5.17. The van der Waals surface area contributed by atoms with Gasteiger partial charge in [0.2, 0.25) is 0 Å². The van der Waals surface area contributed by atoms with Crippen LogP contribution in [0.5, 0.6) is 0 Å². The molecule has 2 nitrogen and oxygen atoms in total.